The van der Waals surface area contributed by atoms with Crippen LogP contribution in [-0.2, 0) is 6.54 Å². The Kier molecular flexibility index (Phi) is 4.65. The van der Waals surface area contributed by atoms with Crippen LogP contribution < -0.4 is 4.90 Å². The van der Waals surface area contributed by atoms with E-state index in [1.807, 2.05) is 41.1 Å². The fourth-order valence-corrected chi connectivity index (χ4v) is 3.51. The van der Waals surface area contributed by atoms with Gasteiger partial charge in [-0.2, -0.15) is 0 Å². The van der Waals surface area contributed by atoms with E-state index >= 15 is 0 Å². The van der Waals surface area contributed by atoms with E-state index in [1.165, 1.54) is 5.56 Å². The number of rotatable bonds is 5. The standard InChI is InChI=1S/C24H20N6/c1-29(16-18-8-10-20(11-9-18)30-14-13-26-17-30)24-21-6-2-3-7-22(21)27-23(28-24)19-5-4-12-25-15-19/h2-15,17H,16H2,1H3. The van der Waals surface area contributed by atoms with Gasteiger partial charge in [-0.05, 0) is 42.0 Å². The fourth-order valence-electron chi connectivity index (χ4n) is 3.51. The molecule has 0 atom stereocenters. The number of benzene rings is 2. The van der Waals surface area contributed by atoms with E-state index in [9.17, 15) is 0 Å². The van der Waals surface area contributed by atoms with Gasteiger partial charge in [-0.15, -0.1) is 0 Å². The Morgan fingerprint density at radius 2 is 1.73 bits per heavy atom. The molecule has 146 valence electrons. The van der Waals surface area contributed by atoms with Gasteiger partial charge in [0.15, 0.2) is 5.82 Å². The molecule has 0 saturated heterocycles. The largest absolute Gasteiger partial charge is 0.355 e. The van der Waals surface area contributed by atoms with Crippen molar-refractivity contribution in [3.8, 4) is 17.1 Å². The highest BCUT2D eigenvalue weighted by atomic mass is 15.2. The van der Waals surface area contributed by atoms with Crippen LogP contribution in [0.2, 0.25) is 0 Å². The van der Waals surface area contributed by atoms with Crippen LogP contribution in [0, 0.1) is 0 Å². The fraction of sp³-hybridized carbons (Fsp3) is 0.0833. The Balaban J connectivity index is 1.49. The van der Waals surface area contributed by atoms with Gasteiger partial charge in [-0.1, -0.05) is 24.3 Å². The summed E-state index contributed by atoms with van der Waals surface area (Å²) in [5.41, 5.74) is 4.11. The molecular weight excluding hydrogens is 372 g/mol. The molecule has 0 aliphatic heterocycles. The number of nitrogens with zero attached hydrogens (tertiary/aromatic N) is 6. The van der Waals surface area contributed by atoms with Gasteiger partial charge in [-0.25, -0.2) is 15.0 Å². The number of hydrogen-bond donors (Lipinski definition) is 0. The molecule has 0 amide bonds. The van der Waals surface area contributed by atoms with Crippen molar-refractivity contribution in [3.05, 3.63) is 97.3 Å². The molecule has 0 fully saturated rings. The summed E-state index contributed by atoms with van der Waals surface area (Å²) in [4.78, 5) is 20.1. The lowest BCUT2D eigenvalue weighted by Crippen LogP contribution is -2.18. The minimum Gasteiger partial charge on any atom is -0.355 e. The molecule has 0 radical (unpaired) electrons. The molecule has 30 heavy (non-hydrogen) atoms. The zero-order chi connectivity index (χ0) is 20.3. The Bertz CT molecular complexity index is 1260. The van der Waals surface area contributed by atoms with Crippen molar-refractivity contribution in [3.63, 3.8) is 0 Å². The molecule has 0 aliphatic carbocycles. The Morgan fingerprint density at radius 1 is 0.867 bits per heavy atom. The Labute approximate surface area is 174 Å². The molecule has 0 unspecified atom stereocenters. The van der Waals surface area contributed by atoms with E-state index in [-0.39, 0.29) is 0 Å². The first-order valence-electron chi connectivity index (χ1n) is 9.73. The zero-order valence-corrected chi connectivity index (χ0v) is 16.6. The lowest BCUT2D eigenvalue weighted by atomic mass is 10.1. The van der Waals surface area contributed by atoms with Crippen molar-refractivity contribution in [2.75, 3.05) is 11.9 Å². The molecule has 2 aromatic carbocycles. The van der Waals surface area contributed by atoms with Crippen LogP contribution in [0.1, 0.15) is 5.56 Å². The van der Waals surface area contributed by atoms with Crippen molar-refractivity contribution in [2.24, 2.45) is 0 Å². The van der Waals surface area contributed by atoms with E-state index in [0.29, 0.717) is 5.82 Å². The predicted octanol–water partition coefficient (Wildman–Crippen LogP) is 4.51. The average Bonchev–Trinajstić information content (AvgIpc) is 3.34. The molecule has 0 saturated carbocycles. The third kappa shape index (κ3) is 3.51. The Hall–Kier alpha value is -4.06. The van der Waals surface area contributed by atoms with Gasteiger partial charge in [-0.3, -0.25) is 4.98 Å². The maximum absolute atomic E-state index is 4.89. The molecule has 0 bridgehead atoms. The molecule has 5 rings (SSSR count). The van der Waals surface area contributed by atoms with Gasteiger partial charge in [0.05, 0.1) is 11.8 Å². The second kappa shape index (κ2) is 7.75. The van der Waals surface area contributed by atoms with Gasteiger partial charge in [0.25, 0.3) is 0 Å². The van der Waals surface area contributed by atoms with Crippen LogP contribution in [0.15, 0.2) is 91.8 Å². The summed E-state index contributed by atoms with van der Waals surface area (Å²) in [6.07, 6.45) is 9.07. The van der Waals surface area contributed by atoms with Crippen molar-refractivity contribution in [1.82, 2.24) is 24.5 Å². The number of imidazole rings is 1. The number of para-hydroxylation sites is 1. The second-order valence-corrected chi connectivity index (χ2v) is 7.12. The summed E-state index contributed by atoms with van der Waals surface area (Å²) in [5.74, 6) is 1.58. The molecule has 5 aromatic rings. The number of fused-ring (bicyclic) bond motifs is 1. The monoisotopic (exact) mass is 392 g/mol. The topological polar surface area (TPSA) is 59.7 Å². The molecule has 3 heterocycles. The van der Waals surface area contributed by atoms with Gasteiger partial charge in [0.2, 0.25) is 0 Å². The van der Waals surface area contributed by atoms with Crippen LogP contribution in [0.3, 0.4) is 0 Å². The van der Waals surface area contributed by atoms with Crippen LogP contribution in [-0.4, -0.2) is 31.6 Å². The summed E-state index contributed by atoms with van der Waals surface area (Å²) in [6, 6.07) is 20.5. The normalized spacial score (nSPS) is 11.0. The summed E-state index contributed by atoms with van der Waals surface area (Å²) in [7, 11) is 2.06. The van der Waals surface area contributed by atoms with Crippen LogP contribution in [0.5, 0.6) is 0 Å². The number of hydrogen-bond acceptors (Lipinski definition) is 5. The minimum absolute atomic E-state index is 0.680. The summed E-state index contributed by atoms with van der Waals surface area (Å²) in [6.45, 7) is 0.734. The quantitative estimate of drug-likeness (QED) is 0.440. The van der Waals surface area contributed by atoms with Gasteiger partial charge in [0, 0.05) is 55.0 Å². The molecule has 0 aliphatic rings. The number of pyridine rings is 1. The van der Waals surface area contributed by atoms with Gasteiger partial charge < -0.3 is 9.47 Å². The highest BCUT2D eigenvalue weighted by Crippen LogP contribution is 2.27. The van der Waals surface area contributed by atoms with Crippen molar-refractivity contribution in [1.29, 1.82) is 0 Å². The number of anilines is 1. The van der Waals surface area contributed by atoms with E-state index < -0.39 is 0 Å². The molecule has 0 N–H and O–H groups in total. The zero-order valence-electron chi connectivity index (χ0n) is 16.6. The summed E-state index contributed by atoms with van der Waals surface area (Å²) in [5, 5.41) is 1.03. The van der Waals surface area contributed by atoms with Crippen LogP contribution >= 0.6 is 0 Å². The van der Waals surface area contributed by atoms with Gasteiger partial charge >= 0.3 is 0 Å². The smallest absolute Gasteiger partial charge is 0.163 e. The first-order chi connectivity index (χ1) is 14.8. The van der Waals surface area contributed by atoms with Crippen LogP contribution in [0.25, 0.3) is 28.0 Å². The average molecular weight is 392 g/mol. The predicted molar refractivity (Wildman–Crippen MR) is 118 cm³/mol. The molecule has 6 nitrogen and oxygen atoms in total. The lowest BCUT2D eigenvalue weighted by molar-refractivity contribution is 0.900. The van der Waals surface area contributed by atoms with Gasteiger partial charge in [0.1, 0.15) is 5.82 Å². The van der Waals surface area contributed by atoms with Crippen molar-refractivity contribution >= 4 is 16.7 Å². The van der Waals surface area contributed by atoms with Crippen molar-refractivity contribution in [2.45, 2.75) is 6.54 Å². The third-order valence-electron chi connectivity index (χ3n) is 5.02. The molecule has 6 heteroatoms. The molecular formula is C24H20N6. The highest BCUT2D eigenvalue weighted by molar-refractivity contribution is 5.90. The minimum atomic E-state index is 0.680. The first-order valence-corrected chi connectivity index (χ1v) is 9.73. The molecule has 0 spiro atoms. The SMILES string of the molecule is CN(Cc1ccc(-n2ccnc2)cc1)c1nc(-c2cccnc2)nc2ccccc12. The summed E-state index contributed by atoms with van der Waals surface area (Å²) >= 11 is 0. The van der Waals surface area contributed by atoms with Crippen LogP contribution in [0.4, 0.5) is 5.82 Å². The lowest BCUT2D eigenvalue weighted by Gasteiger charge is -2.21. The Morgan fingerprint density at radius 3 is 2.50 bits per heavy atom. The second-order valence-electron chi connectivity index (χ2n) is 7.12. The van der Waals surface area contributed by atoms with E-state index in [0.717, 1.165) is 34.5 Å². The number of aromatic nitrogens is 5. The van der Waals surface area contributed by atoms with E-state index in [2.05, 4.69) is 52.2 Å². The maximum atomic E-state index is 4.89. The van der Waals surface area contributed by atoms with Crippen molar-refractivity contribution < 1.29 is 0 Å². The van der Waals surface area contributed by atoms with E-state index in [4.69, 9.17) is 9.97 Å². The third-order valence-corrected chi connectivity index (χ3v) is 5.02. The highest BCUT2D eigenvalue weighted by Gasteiger charge is 2.13. The molecule has 3 aromatic heterocycles. The maximum Gasteiger partial charge on any atom is 0.163 e. The first kappa shape index (κ1) is 18.0. The van der Waals surface area contributed by atoms with E-state index in [1.54, 1.807) is 24.9 Å². The summed E-state index contributed by atoms with van der Waals surface area (Å²) < 4.78 is 1.99.